The molecule has 0 aromatic rings. The molecule has 9 atom stereocenters. The number of hydrogen-bond acceptors (Lipinski definition) is 0. The molecular weight excluding hydrogens is 456 g/mol. The molecule has 0 heterocycles. The van der Waals surface area contributed by atoms with E-state index in [9.17, 15) is 0 Å². The SMILES string of the molecule is CCCCC1C(C)CC2CCCC2C1C1CCCCC1CC.CCCCC1CCC(C2CCC(C)C2)CC1. The zero-order chi connectivity index (χ0) is 26.9. The van der Waals surface area contributed by atoms with Crippen molar-refractivity contribution in [2.24, 2.45) is 65.1 Å². The average Bonchev–Trinajstić information content (AvgIpc) is 3.60. The highest BCUT2D eigenvalue weighted by Crippen LogP contribution is 2.57. The Morgan fingerprint density at radius 2 is 1.24 bits per heavy atom. The van der Waals surface area contributed by atoms with E-state index in [1.165, 1.54) is 57.8 Å². The van der Waals surface area contributed by atoms with Gasteiger partial charge in [0, 0.05) is 0 Å². The first-order valence-corrected chi connectivity index (χ1v) is 18.5. The molecule has 0 aromatic carbocycles. The van der Waals surface area contributed by atoms with Crippen LogP contribution in [0.1, 0.15) is 176 Å². The summed E-state index contributed by atoms with van der Waals surface area (Å²) in [5.41, 5.74) is 0. The molecule has 5 rings (SSSR count). The molecule has 5 saturated carbocycles. The summed E-state index contributed by atoms with van der Waals surface area (Å²) in [6, 6.07) is 0. The highest BCUT2D eigenvalue weighted by atomic mass is 14.5. The predicted molar refractivity (Wildman–Crippen MR) is 168 cm³/mol. The molecule has 0 nitrogen and oxygen atoms in total. The first-order chi connectivity index (χ1) is 18.5. The average molecular weight is 527 g/mol. The van der Waals surface area contributed by atoms with Crippen LogP contribution in [-0.4, -0.2) is 0 Å². The van der Waals surface area contributed by atoms with Crippen LogP contribution in [0.3, 0.4) is 0 Å². The Kier molecular flexibility index (Phi) is 12.9. The lowest BCUT2D eigenvalue weighted by Crippen LogP contribution is -2.44. The van der Waals surface area contributed by atoms with E-state index in [0.717, 1.165) is 65.1 Å². The summed E-state index contributed by atoms with van der Waals surface area (Å²) >= 11 is 0. The Hall–Kier alpha value is 0. The van der Waals surface area contributed by atoms with Gasteiger partial charge >= 0.3 is 0 Å². The van der Waals surface area contributed by atoms with Crippen LogP contribution in [0.2, 0.25) is 0 Å². The minimum atomic E-state index is 1.01. The van der Waals surface area contributed by atoms with E-state index in [2.05, 4.69) is 34.6 Å². The van der Waals surface area contributed by atoms with Gasteiger partial charge in [-0.25, -0.2) is 0 Å². The van der Waals surface area contributed by atoms with Crippen LogP contribution < -0.4 is 0 Å². The Morgan fingerprint density at radius 1 is 0.553 bits per heavy atom. The van der Waals surface area contributed by atoms with E-state index in [1.54, 1.807) is 83.5 Å². The van der Waals surface area contributed by atoms with Crippen molar-refractivity contribution >= 4 is 0 Å². The highest BCUT2D eigenvalue weighted by Gasteiger charge is 2.48. The lowest BCUT2D eigenvalue weighted by molar-refractivity contribution is -0.0197. The molecule has 5 aliphatic rings. The van der Waals surface area contributed by atoms with Gasteiger partial charge in [-0.2, -0.15) is 0 Å². The lowest BCUT2D eigenvalue weighted by atomic mass is 9.54. The van der Waals surface area contributed by atoms with Gasteiger partial charge in [-0.15, -0.1) is 0 Å². The molecule has 9 unspecified atom stereocenters. The molecule has 222 valence electrons. The Labute approximate surface area is 240 Å². The summed E-state index contributed by atoms with van der Waals surface area (Å²) in [4.78, 5) is 0. The topological polar surface area (TPSA) is 0 Å². The third-order valence-electron chi connectivity index (χ3n) is 13.2. The van der Waals surface area contributed by atoms with Crippen LogP contribution in [0.15, 0.2) is 0 Å². The maximum Gasteiger partial charge on any atom is -0.0321 e. The summed E-state index contributed by atoms with van der Waals surface area (Å²) in [5.74, 6) is 11.9. The van der Waals surface area contributed by atoms with Crippen LogP contribution in [0, 0.1) is 65.1 Å². The first-order valence-electron chi connectivity index (χ1n) is 18.5. The van der Waals surface area contributed by atoms with Crippen molar-refractivity contribution in [2.45, 2.75) is 176 Å². The molecule has 5 aliphatic carbocycles. The number of unbranched alkanes of at least 4 members (excludes halogenated alkanes) is 2. The first kappa shape index (κ1) is 30.9. The second-order valence-corrected chi connectivity index (χ2v) is 15.7. The maximum atomic E-state index is 2.62. The molecule has 5 fully saturated rings. The van der Waals surface area contributed by atoms with Crippen molar-refractivity contribution in [3.05, 3.63) is 0 Å². The van der Waals surface area contributed by atoms with Crippen molar-refractivity contribution in [3.8, 4) is 0 Å². The monoisotopic (exact) mass is 527 g/mol. The van der Waals surface area contributed by atoms with E-state index >= 15 is 0 Å². The Morgan fingerprint density at radius 3 is 1.92 bits per heavy atom. The van der Waals surface area contributed by atoms with Crippen molar-refractivity contribution in [1.82, 2.24) is 0 Å². The van der Waals surface area contributed by atoms with Crippen LogP contribution in [0.4, 0.5) is 0 Å². The fourth-order valence-corrected chi connectivity index (χ4v) is 11.1. The minimum Gasteiger partial charge on any atom is -0.0654 e. The van der Waals surface area contributed by atoms with Crippen molar-refractivity contribution in [1.29, 1.82) is 0 Å². The van der Waals surface area contributed by atoms with Crippen LogP contribution in [0.25, 0.3) is 0 Å². The van der Waals surface area contributed by atoms with Gasteiger partial charge < -0.3 is 0 Å². The van der Waals surface area contributed by atoms with E-state index in [0.29, 0.717) is 0 Å². The van der Waals surface area contributed by atoms with Crippen LogP contribution in [-0.2, 0) is 0 Å². The largest absolute Gasteiger partial charge is 0.0654 e. The molecule has 0 amide bonds. The Bertz CT molecular complexity index is 628. The van der Waals surface area contributed by atoms with Crippen molar-refractivity contribution in [2.75, 3.05) is 0 Å². The van der Waals surface area contributed by atoms with Crippen molar-refractivity contribution < 1.29 is 0 Å². The van der Waals surface area contributed by atoms with Crippen LogP contribution >= 0.6 is 0 Å². The lowest BCUT2D eigenvalue weighted by Gasteiger charge is -2.51. The third kappa shape index (κ3) is 8.05. The number of fused-ring (bicyclic) bond motifs is 1. The fraction of sp³-hybridized carbons (Fsp3) is 1.00. The molecule has 0 saturated heterocycles. The molecule has 0 radical (unpaired) electrons. The molecule has 38 heavy (non-hydrogen) atoms. The van der Waals surface area contributed by atoms with Gasteiger partial charge in [0.1, 0.15) is 0 Å². The van der Waals surface area contributed by atoms with Gasteiger partial charge in [-0.05, 0) is 116 Å². The molecule has 0 bridgehead atoms. The summed E-state index contributed by atoms with van der Waals surface area (Å²) < 4.78 is 0. The number of hydrogen-bond donors (Lipinski definition) is 0. The standard InChI is InChI=1S/C22H40.C16H30/c1-4-6-12-19-16(3)15-18-11-9-14-21(18)22(19)20-13-8-7-10-17(20)5-2;1-3-4-5-14-7-10-15(11-8-14)16-9-6-13(2)12-16/h16-22H,4-15H2,1-3H3;13-16H,3-12H2,1-2H3. The maximum absolute atomic E-state index is 2.62. The van der Waals surface area contributed by atoms with E-state index in [4.69, 9.17) is 0 Å². The number of rotatable bonds is 9. The third-order valence-corrected chi connectivity index (χ3v) is 13.2. The summed E-state index contributed by atoms with van der Waals surface area (Å²) in [7, 11) is 0. The van der Waals surface area contributed by atoms with Gasteiger partial charge in [0.25, 0.3) is 0 Å². The second kappa shape index (κ2) is 15.9. The van der Waals surface area contributed by atoms with Gasteiger partial charge in [0.05, 0.1) is 0 Å². The normalized spacial score (nSPS) is 43.3. The van der Waals surface area contributed by atoms with E-state index in [1.807, 2.05) is 0 Å². The van der Waals surface area contributed by atoms with Gasteiger partial charge in [0.15, 0.2) is 0 Å². The van der Waals surface area contributed by atoms with Gasteiger partial charge in [-0.3, -0.25) is 0 Å². The minimum absolute atomic E-state index is 1.01. The Balaban J connectivity index is 0.000000186. The van der Waals surface area contributed by atoms with Crippen molar-refractivity contribution in [3.63, 3.8) is 0 Å². The zero-order valence-electron chi connectivity index (χ0n) is 26.9. The summed E-state index contributed by atoms with van der Waals surface area (Å²) in [5, 5.41) is 0. The molecule has 0 aromatic heterocycles. The molecule has 0 N–H and O–H groups in total. The molecule has 0 spiro atoms. The predicted octanol–water partition coefficient (Wildman–Crippen LogP) is 12.5. The quantitative estimate of drug-likeness (QED) is 0.280. The zero-order valence-corrected chi connectivity index (χ0v) is 26.9. The van der Waals surface area contributed by atoms with E-state index < -0.39 is 0 Å². The summed E-state index contributed by atoms with van der Waals surface area (Å²) in [6.45, 7) is 12.3. The van der Waals surface area contributed by atoms with Gasteiger partial charge in [0.2, 0.25) is 0 Å². The fourth-order valence-electron chi connectivity index (χ4n) is 11.1. The van der Waals surface area contributed by atoms with Gasteiger partial charge in [-0.1, -0.05) is 125 Å². The smallest absolute Gasteiger partial charge is 0.0321 e. The molecule has 0 aliphatic heterocycles. The highest BCUT2D eigenvalue weighted by molar-refractivity contribution is 4.98. The second-order valence-electron chi connectivity index (χ2n) is 15.7. The van der Waals surface area contributed by atoms with Crippen LogP contribution in [0.5, 0.6) is 0 Å². The van der Waals surface area contributed by atoms with E-state index in [-0.39, 0.29) is 0 Å². The summed E-state index contributed by atoms with van der Waals surface area (Å²) in [6.07, 6.45) is 33.5. The molecule has 0 heteroatoms. The molecular formula is C38H70.